The lowest BCUT2D eigenvalue weighted by Crippen LogP contribution is -2.49. The predicted octanol–water partition coefficient (Wildman–Crippen LogP) is 1.55. The Morgan fingerprint density at radius 3 is 2.74 bits per heavy atom. The highest BCUT2D eigenvalue weighted by atomic mass is 32.1. The quantitative estimate of drug-likeness (QED) is 0.416. The number of thiocarbonyl (C=S) groups is 1. The van der Waals surface area contributed by atoms with E-state index in [-0.39, 0.29) is 11.9 Å². The van der Waals surface area contributed by atoms with Crippen LogP contribution in [0.4, 0.5) is 0 Å². The van der Waals surface area contributed by atoms with E-state index in [1.807, 2.05) is 32.0 Å². The molecule has 1 atom stereocenters. The molecule has 0 bridgehead atoms. The van der Waals surface area contributed by atoms with Gasteiger partial charge in [-0.15, -0.1) is 0 Å². The molecule has 0 unspecified atom stereocenters. The number of hydrogen-bond donors (Lipinski definition) is 3. The summed E-state index contributed by atoms with van der Waals surface area (Å²) < 4.78 is 10.2. The lowest BCUT2D eigenvalue weighted by molar-refractivity contribution is -0.116. The van der Waals surface area contributed by atoms with Gasteiger partial charge in [0.25, 0.3) is 5.91 Å². The highest BCUT2D eigenvalue weighted by Crippen LogP contribution is 2.20. The third-order valence-corrected chi connectivity index (χ3v) is 3.11. The van der Waals surface area contributed by atoms with Gasteiger partial charge in [-0.25, -0.2) is 0 Å². The Kier molecular flexibility index (Phi) is 8.07. The molecular formula is C16H23N3O3S. The van der Waals surface area contributed by atoms with Gasteiger partial charge in [-0.05, 0) is 44.3 Å². The van der Waals surface area contributed by atoms with Crippen LogP contribution in [0, 0.1) is 6.92 Å². The Morgan fingerprint density at radius 2 is 2.09 bits per heavy atom. The standard InChI is InChI=1S/C16H23N3O3S/c1-11-5-7-14(22-4)13(9-11)6-8-15(20)18-19-16(23)17-12(2)10-21-3/h5-9,12H,10H2,1-4H3,(H,18,20)(H2,17,19,23)/b8-6+/t12-/m0/s1. The van der Waals surface area contributed by atoms with E-state index in [0.29, 0.717) is 17.5 Å². The lowest BCUT2D eigenvalue weighted by atomic mass is 10.1. The van der Waals surface area contributed by atoms with Crippen LogP contribution in [-0.2, 0) is 9.53 Å². The molecule has 0 aliphatic carbocycles. The number of ether oxygens (including phenoxy) is 2. The van der Waals surface area contributed by atoms with Crippen LogP contribution in [0.25, 0.3) is 6.08 Å². The van der Waals surface area contributed by atoms with Crippen molar-refractivity contribution in [2.24, 2.45) is 0 Å². The Morgan fingerprint density at radius 1 is 1.35 bits per heavy atom. The monoisotopic (exact) mass is 337 g/mol. The van der Waals surface area contributed by atoms with Crippen molar-refractivity contribution < 1.29 is 14.3 Å². The second-order valence-electron chi connectivity index (χ2n) is 5.02. The maximum atomic E-state index is 11.8. The van der Waals surface area contributed by atoms with Crippen LogP contribution in [0.2, 0.25) is 0 Å². The van der Waals surface area contributed by atoms with E-state index >= 15 is 0 Å². The fourth-order valence-corrected chi connectivity index (χ4v) is 2.11. The van der Waals surface area contributed by atoms with E-state index in [1.54, 1.807) is 20.3 Å². The number of rotatable bonds is 6. The number of aryl methyl sites for hydroxylation is 1. The summed E-state index contributed by atoms with van der Waals surface area (Å²) in [6.45, 7) is 4.41. The molecule has 0 saturated heterocycles. The second-order valence-corrected chi connectivity index (χ2v) is 5.43. The molecule has 126 valence electrons. The van der Waals surface area contributed by atoms with Crippen molar-refractivity contribution in [2.75, 3.05) is 20.8 Å². The molecular weight excluding hydrogens is 314 g/mol. The predicted molar refractivity (Wildman–Crippen MR) is 95.1 cm³/mol. The SMILES string of the molecule is COC[C@H](C)NC(=S)NNC(=O)/C=C/c1cc(C)ccc1OC. The fourth-order valence-electron chi connectivity index (χ4n) is 1.86. The van der Waals surface area contributed by atoms with Crippen LogP contribution in [0.5, 0.6) is 5.75 Å². The molecule has 1 aromatic carbocycles. The molecule has 0 saturated carbocycles. The first-order valence-corrected chi connectivity index (χ1v) is 7.55. The Hall–Kier alpha value is -2.12. The van der Waals surface area contributed by atoms with Crippen molar-refractivity contribution in [1.29, 1.82) is 0 Å². The van der Waals surface area contributed by atoms with Gasteiger partial charge in [-0.3, -0.25) is 15.6 Å². The summed E-state index contributed by atoms with van der Waals surface area (Å²) in [5, 5.41) is 3.30. The highest BCUT2D eigenvalue weighted by molar-refractivity contribution is 7.80. The van der Waals surface area contributed by atoms with Gasteiger partial charge in [0.2, 0.25) is 0 Å². The van der Waals surface area contributed by atoms with Gasteiger partial charge in [0.05, 0.1) is 13.7 Å². The third-order valence-electron chi connectivity index (χ3n) is 2.89. The van der Waals surface area contributed by atoms with Crippen molar-refractivity contribution in [2.45, 2.75) is 19.9 Å². The highest BCUT2D eigenvalue weighted by Gasteiger charge is 2.04. The number of methoxy groups -OCH3 is 2. The van der Waals surface area contributed by atoms with Crippen LogP contribution >= 0.6 is 12.2 Å². The van der Waals surface area contributed by atoms with E-state index in [1.165, 1.54) is 6.08 Å². The molecule has 1 aromatic rings. The van der Waals surface area contributed by atoms with Crippen LogP contribution in [0.3, 0.4) is 0 Å². The van der Waals surface area contributed by atoms with E-state index in [0.717, 1.165) is 11.1 Å². The lowest BCUT2D eigenvalue weighted by Gasteiger charge is -2.15. The van der Waals surface area contributed by atoms with Crippen LogP contribution in [-0.4, -0.2) is 37.9 Å². The minimum Gasteiger partial charge on any atom is -0.496 e. The molecule has 0 spiro atoms. The van der Waals surface area contributed by atoms with Gasteiger partial charge >= 0.3 is 0 Å². The van der Waals surface area contributed by atoms with Crippen molar-refractivity contribution in [3.8, 4) is 5.75 Å². The largest absolute Gasteiger partial charge is 0.496 e. The number of benzene rings is 1. The first-order valence-electron chi connectivity index (χ1n) is 7.14. The molecule has 0 fully saturated rings. The maximum Gasteiger partial charge on any atom is 0.262 e. The Balaban J connectivity index is 2.50. The van der Waals surface area contributed by atoms with Crippen molar-refractivity contribution in [3.63, 3.8) is 0 Å². The summed E-state index contributed by atoms with van der Waals surface area (Å²) in [5.41, 5.74) is 7.04. The maximum absolute atomic E-state index is 11.8. The smallest absolute Gasteiger partial charge is 0.262 e. The Labute approximate surface area is 142 Å². The molecule has 0 aliphatic heterocycles. The molecule has 0 heterocycles. The van der Waals surface area contributed by atoms with E-state index in [2.05, 4.69) is 16.2 Å². The minimum absolute atomic E-state index is 0.0454. The zero-order chi connectivity index (χ0) is 17.2. The van der Waals surface area contributed by atoms with E-state index in [9.17, 15) is 4.79 Å². The number of carbonyl (C=O) groups is 1. The van der Waals surface area contributed by atoms with Crippen LogP contribution in [0.15, 0.2) is 24.3 Å². The molecule has 1 amide bonds. The summed E-state index contributed by atoms with van der Waals surface area (Å²) in [4.78, 5) is 11.8. The summed E-state index contributed by atoms with van der Waals surface area (Å²) >= 11 is 5.06. The normalized spacial score (nSPS) is 11.8. The topological polar surface area (TPSA) is 71.6 Å². The van der Waals surface area contributed by atoms with Gasteiger partial charge in [0, 0.05) is 24.8 Å². The zero-order valence-corrected chi connectivity index (χ0v) is 14.6. The van der Waals surface area contributed by atoms with Gasteiger partial charge in [-0.2, -0.15) is 0 Å². The van der Waals surface area contributed by atoms with Crippen molar-refractivity contribution in [3.05, 3.63) is 35.4 Å². The molecule has 23 heavy (non-hydrogen) atoms. The van der Waals surface area contributed by atoms with Gasteiger partial charge < -0.3 is 14.8 Å². The molecule has 0 aromatic heterocycles. The molecule has 0 aliphatic rings. The van der Waals surface area contributed by atoms with E-state index in [4.69, 9.17) is 21.7 Å². The number of nitrogens with one attached hydrogen (secondary N) is 3. The fraction of sp³-hybridized carbons (Fsp3) is 0.375. The molecule has 1 rings (SSSR count). The Bertz CT molecular complexity index is 576. The zero-order valence-electron chi connectivity index (χ0n) is 13.8. The van der Waals surface area contributed by atoms with Crippen LogP contribution < -0.4 is 20.9 Å². The summed E-state index contributed by atoms with van der Waals surface area (Å²) in [7, 11) is 3.20. The number of hydrazine groups is 1. The van der Waals surface area contributed by atoms with Gasteiger partial charge in [0.15, 0.2) is 5.11 Å². The van der Waals surface area contributed by atoms with E-state index < -0.39 is 0 Å². The van der Waals surface area contributed by atoms with Gasteiger partial charge in [0.1, 0.15) is 5.75 Å². The number of hydrogen-bond acceptors (Lipinski definition) is 4. The summed E-state index contributed by atoms with van der Waals surface area (Å²) in [6, 6.07) is 5.79. The van der Waals surface area contributed by atoms with Gasteiger partial charge in [-0.1, -0.05) is 11.6 Å². The first-order chi connectivity index (χ1) is 11.0. The van der Waals surface area contributed by atoms with Crippen molar-refractivity contribution >= 4 is 29.3 Å². The first kappa shape index (κ1) is 18.9. The number of carbonyl (C=O) groups excluding carboxylic acids is 1. The average Bonchev–Trinajstić information content (AvgIpc) is 2.51. The van der Waals surface area contributed by atoms with Crippen LogP contribution in [0.1, 0.15) is 18.1 Å². The van der Waals surface area contributed by atoms with Crippen molar-refractivity contribution in [1.82, 2.24) is 16.2 Å². The molecule has 0 radical (unpaired) electrons. The second kappa shape index (κ2) is 9.81. The summed E-state index contributed by atoms with van der Waals surface area (Å²) in [6.07, 6.45) is 3.10. The summed E-state index contributed by atoms with van der Waals surface area (Å²) in [5.74, 6) is 0.385. The molecule has 6 nitrogen and oxygen atoms in total. The average molecular weight is 337 g/mol. The molecule has 3 N–H and O–H groups in total. The number of amides is 1. The minimum atomic E-state index is -0.322. The third kappa shape index (κ3) is 7.12. The molecule has 7 heteroatoms.